The molecule has 0 spiro atoms. The van der Waals surface area contributed by atoms with Crippen LogP contribution in [-0.4, -0.2) is 43.5 Å². The van der Waals surface area contributed by atoms with Crippen molar-refractivity contribution in [2.24, 2.45) is 5.92 Å². The van der Waals surface area contributed by atoms with E-state index in [1.54, 1.807) is 13.0 Å². The highest BCUT2D eigenvalue weighted by Gasteiger charge is 2.29. The molecule has 0 radical (unpaired) electrons. The molecule has 1 unspecified atom stereocenters. The van der Waals surface area contributed by atoms with E-state index in [0.717, 1.165) is 5.56 Å². The van der Waals surface area contributed by atoms with Crippen molar-refractivity contribution in [1.29, 1.82) is 0 Å². The Kier molecular flexibility index (Phi) is 4.90. The number of hydrogen-bond acceptors (Lipinski definition) is 4. The number of methoxy groups -OCH3 is 1. The van der Waals surface area contributed by atoms with Gasteiger partial charge in [-0.2, -0.15) is 0 Å². The summed E-state index contributed by atoms with van der Waals surface area (Å²) < 4.78 is 17.9. The van der Waals surface area contributed by atoms with Crippen LogP contribution in [0, 0.1) is 18.7 Å². The molecule has 1 aliphatic rings. The van der Waals surface area contributed by atoms with E-state index in [-0.39, 0.29) is 30.2 Å². The number of likely N-dealkylation sites (tertiary alicyclic amines) is 1. The number of nitrogens with zero attached hydrogens (tertiary/aromatic N) is 1. The quantitative estimate of drug-likeness (QED) is 0.856. The average Bonchev–Trinajstić information content (AvgIpc) is 2.90. The first-order chi connectivity index (χ1) is 9.99. The van der Waals surface area contributed by atoms with E-state index < -0.39 is 0 Å². The molecule has 1 atom stereocenters. The monoisotopic (exact) mass is 294 g/mol. The SMILES string of the molecule is COC(=O)C1CCN(CC(=O)Nc2cc(F)ccc2C)C1. The van der Waals surface area contributed by atoms with E-state index in [9.17, 15) is 14.0 Å². The molecule has 2 rings (SSSR count). The summed E-state index contributed by atoms with van der Waals surface area (Å²) in [6.45, 7) is 3.18. The molecule has 114 valence electrons. The van der Waals surface area contributed by atoms with Gasteiger partial charge in [0.2, 0.25) is 5.91 Å². The molecule has 1 saturated heterocycles. The van der Waals surface area contributed by atoms with Gasteiger partial charge in [0.05, 0.1) is 19.6 Å². The lowest BCUT2D eigenvalue weighted by Crippen LogP contribution is -2.32. The number of carbonyl (C=O) groups is 2. The first kappa shape index (κ1) is 15.4. The summed E-state index contributed by atoms with van der Waals surface area (Å²) >= 11 is 0. The number of rotatable bonds is 4. The fraction of sp³-hybridized carbons (Fsp3) is 0.467. The molecule has 1 aromatic rings. The zero-order chi connectivity index (χ0) is 15.4. The average molecular weight is 294 g/mol. The predicted octanol–water partition coefficient (Wildman–Crippen LogP) is 1.57. The molecule has 0 bridgehead atoms. The molecule has 1 aromatic carbocycles. The molecule has 0 saturated carbocycles. The Bertz CT molecular complexity index is 548. The Morgan fingerprint density at radius 2 is 2.24 bits per heavy atom. The lowest BCUT2D eigenvalue weighted by Gasteiger charge is -2.16. The number of ether oxygens (including phenoxy) is 1. The van der Waals surface area contributed by atoms with Crippen molar-refractivity contribution in [3.8, 4) is 0 Å². The normalized spacial score (nSPS) is 18.5. The number of nitrogens with one attached hydrogen (secondary N) is 1. The van der Waals surface area contributed by atoms with Gasteiger partial charge in [0.25, 0.3) is 0 Å². The van der Waals surface area contributed by atoms with E-state index in [4.69, 9.17) is 4.74 Å². The molecule has 1 fully saturated rings. The van der Waals surface area contributed by atoms with E-state index >= 15 is 0 Å². The minimum Gasteiger partial charge on any atom is -0.469 e. The van der Waals surface area contributed by atoms with Crippen molar-refractivity contribution in [3.63, 3.8) is 0 Å². The Balaban J connectivity index is 1.88. The number of esters is 1. The van der Waals surface area contributed by atoms with Gasteiger partial charge in [-0.25, -0.2) is 4.39 Å². The first-order valence-corrected chi connectivity index (χ1v) is 6.86. The molecule has 1 N–H and O–H groups in total. The summed E-state index contributed by atoms with van der Waals surface area (Å²) in [7, 11) is 1.37. The third kappa shape index (κ3) is 4.01. The molecule has 5 nitrogen and oxygen atoms in total. The molecule has 1 aliphatic heterocycles. The Morgan fingerprint density at radius 1 is 1.48 bits per heavy atom. The van der Waals surface area contributed by atoms with Gasteiger partial charge in [0.1, 0.15) is 5.82 Å². The Morgan fingerprint density at radius 3 is 2.95 bits per heavy atom. The van der Waals surface area contributed by atoms with Gasteiger partial charge >= 0.3 is 5.97 Å². The van der Waals surface area contributed by atoms with Crippen LogP contribution in [-0.2, 0) is 14.3 Å². The predicted molar refractivity (Wildman–Crippen MR) is 76.3 cm³/mol. The number of carbonyl (C=O) groups excluding carboxylic acids is 2. The Labute approximate surface area is 123 Å². The minimum atomic E-state index is -0.386. The van der Waals surface area contributed by atoms with Gasteiger partial charge in [-0.05, 0) is 37.6 Å². The summed E-state index contributed by atoms with van der Waals surface area (Å²) in [4.78, 5) is 25.3. The second-order valence-electron chi connectivity index (χ2n) is 5.25. The van der Waals surface area contributed by atoms with Crippen molar-refractivity contribution in [2.75, 3.05) is 32.1 Å². The standard InChI is InChI=1S/C15H19FN2O3/c1-10-3-4-12(16)7-13(10)17-14(19)9-18-6-5-11(8-18)15(20)21-2/h3-4,7,11H,5-6,8-9H2,1-2H3,(H,17,19). The van der Waals surface area contributed by atoms with Gasteiger partial charge in [0, 0.05) is 12.2 Å². The highest BCUT2D eigenvalue weighted by Crippen LogP contribution is 2.18. The van der Waals surface area contributed by atoms with Crippen molar-refractivity contribution < 1.29 is 18.7 Å². The molecular weight excluding hydrogens is 275 g/mol. The maximum absolute atomic E-state index is 13.2. The molecule has 1 heterocycles. The fourth-order valence-electron chi connectivity index (χ4n) is 2.46. The van der Waals surface area contributed by atoms with Crippen LogP contribution >= 0.6 is 0 Å². The van der Waals surface area contributed by atoms with E-state index in [2.05, 4.69) is 5.32 Å². The molecule has 21 heavy (non-hydrogen) atoms. The summed E-state index contributed by atoms with van der Waals surface area (Å²) in [6, 6.07) is 4.27. The van der Waals surface area contributed by atoms with Crippen molar-refractivity contribution in [3.05, 3.63) is 29.6 Å². The number of aryl methyl sites for hydroxylation is 1. The van der Waals surface area contributed by atoms with Crippen molar-refractivity contribution >= 4 is 17.6 Å². The summed E-state index contributed by atoms with van der Waals surface area (Å²) in [5.41, 5.74) is 1.28. The first-order valence-electron chi connectivity index (χ1n) is 6.86. The zero-order valence-corrected chi connectivity index (χ0v) is 12.2. The highest BCUT2D eigenvalue weighted by atomic mass is 19.1. The molecular formula is C15H19FN2O3. The number of anilines is 1. The van der Waals surface area contributed by atoms with Crippen LogP contribution in [0.1, 0.15) is 12.0 Å². The number of hydrogen-bond donors (Lipinski definition) is 1. The van der Waals surface area contributed by atoms with Gasteiger partial charge in [-0.1, -0.05) is 6.07 Å². The highest BCUT2D eigenvalue weighted by molar-refractivity contribution is 5.93. The lowest BCUT2D eigenvalue weighted by atomic mass is 10.1. The second kappa shape index (κ2) is 6.67. The van der Waals surface area contributed by atoms with Crippen LogP contribution in [0.5, 0.6) is 0 Å². The number of amides is 1. The molecule has 0 aliphatic carbocycles. The maximum atomic E-state index is 13.2. The van der Waals surface area contributed by atoms with Crippen molar-refractivity contribution in [2.45, 2.75) is 13.3 Å². The Hall–Kier alpha value is -1.95. The molecule has 0 aromatic heterocycles. The van der Waals surface area contributed by atoms with Crippen LogP contribution in [0.2, 0.25) is 0 Å². The number of benzene rings is 1. The molecule has 6 heteroatoms. The smallest absolute Gasteiger partial charge is 0.310 e. The third-order valence-corrected chi connectivity index (χ3v) is 3.65. The fourth-order valence-corrected chi connectivity index (χ4v) is 2.46. The van der Waals surface area contributed by atoms with E-state index in [1.165, 1.54) is 19.2 Å². The van der Waals surface area contributed by atoms with Gasteiger partial charge < -0.3 is 10.1 Å². The number of halogens is 1. The van der Waals surface area contributed by atoms with Crippen LogP contribution in [0.3, 0.4) is 0 Å². The lowest BCUT2D eigenvalue weighted by molar-refractivity contribution is -0.145. The third-order valence-electron chi connectivity index (χ3n) is 3.65. The zero-order valence-electron chi connectivity index (χ0n) is 12.2. The van der Waals surface area contributed by atoms with Gasteiger partial charge in [-0.15, -0.1) is 0 Å². The summed E-state index contributed by atoms with van der Waals surface area (Å²) in [5.74, 6) is -1.00. The largest absolute Gasteiger partial charge is 0.469 e. The van der Waals surface area contributed by atoms with Crippen molar-refractivity contribution in [1.82, 2.24) is 4.90 Å². The van der Waals surface area contributed by atoms with E-state index in [0.29, 0.717) is 25.2 Å². The summed E-state index contributed by atoms with van der Waals surface area (Å²) in [6.07, 6.45) is 0.693. The van der Waals surface area contributed by atoms with Gasteiger partial charge in [-0.3, -0.25) is 14.5 Å². The van der Waals surface area contributed by atoms with Crippen LogP contribution in [0.15, 0.2) is 18.2 Å². The minimum absolute atomic E-state index is 0.168. The molecule has 1 amide bonds. The second-order valence-corrected chi connectivity index (χ2v) is 5.25. The van der Waals surface area contributed by atoms with E-state index in [1.807, 2.05) is 4.90 Å². The van der Waals surface area contributed by atoms with Gasteiger partial charge in [0.15, 0.2) is 0 Å². The van der Waals surface area contributed by atoms with Crippen LogP contribution in [0.4, 0.5) is 10.1 Å². The van der Waals surface area contributed by atoms with Crippen LogP contribution in [0.25, 0.3) is 0 Å². The topological polar surface area (TPSA) is 58.6 Å². The van der Waals surface area contributed by atoms with Crippen LogP contribution < -0.4 is 5.32 Å². The maximum Gasteiger partial charge on any atom is 0.310 e. The summed E-state index contributed by atoms with van der Waals surface area (Å²) in [5, 5.41) is 2.70.